The number of carbonyl (C=O) groups is 2. The normalized spacial score (nSPS) is 16.1. The molecule has 74 valence electrons. The molecule has 0 bridgehead atoms. The average molecular weight is 186 g/mol. The lowest BCUT2D eigenvalue weighted by molar-refractivity contribution is -0.138. The van der Waals surface area contributed by atoms with E-state index >= 15 is 0 Å². The van der Waals surface area contributed by atoms with Gasteiger partial charge in [0.2, 0.25) is 5.91 Å². The molecule has 0 aromatic rings. The van der Waals surface area contributed by atoms with E-state index in [-0.39, 0.29) is 18.9 Å². The highest BCUT2D eigenvalue weighted by atomic mass is 16.4. The van der Waals surface area contributed by atoms with Crippen LogP contribution in [0.25, 0.3) is 0 Å². The van der Waals surface area contributed by atoms with Gasteiger partial charge < -0.3 is 10.8 Å². The van der Waals surface area contributed by atoms with Crippen molar-refractivity contribution in [3.8, 4) is 0 Å². The van der Waals surface area contributed by atoms with Crippen LogP contribution in [0, 0.1) is 0 Å². The van der Waals surface area contributed by atoms with Crippen molar-refractivity contribution >= 4 is 11.9 Å². The quantitative estimate of drug-likeness (QED) is 0.580. The molecule has 3 N–H and O–H groups in total. The Balaban J connectivity index is 2.29. The van der Waals surface area contributed by atoms with Crippen molar-refractivity contribution in [1.82, 2.24) is 4.90 Å². The van der Waals surface area contributed by atoms with Gasteiger partial charge in [0.25, 0.3) is 0 Å². The number of carboxylic acid groups (broad SMARTS) is 1. The monoisotopic (exact) mass is 186 g/mol. The van der Waals surface area contributed by atoms with Crippen LogP contribution in [0.15, 0.2) is 0 Å². The van der Waals surface area contributed by atoms with Crippen LogP contribution in [-0.4, -0.2) is 41.0 Å². The minimum absolute atomic E-state index is 0.0119. The summed E-state index contributed by atoms with van der Waals surface area (Å²) in [5, 5.41) is 8.57. The summed E-state index contributed by atoms with van der Waals surface area (Å²) in [6, 6.07) is 0.357. The molecule has 5 nitrogen and oxygen atoms in total. The third kappa shape index (κ3) is 3.89. The molecule has 1 fully saturated rings. The molecule has 0 aromatic carbocycles. The van der Waals surface area contributed by atoms with E-state index in [1.807, 2.05) is 0 Å². The SMILES string of the molecule is NC(=O)CCN(CC(=O)O)C1CC1. The lowest BCUT2D eigenvalue weighted by atomic mass is 10.3. The van der Waals surface area contributed by atoms with E-state index in [0.717, 1.165) is 12.8 Å². The van der Waals surface area contributed by atoms with Gasteiger partial charge in [-0.1, -0.05) is 0 Å². The number of nitrogens with two attached hydrogens (primary N) is 1. The van der Waals surface area contributed by atoms with Gasteiger partial charge in [-0.2, -0.15) is 0 Å². The van der Waals surface area contributed by atoms with Crippen LogP contribution < -0.4 is 5.73 Å². The largest absolute Gasteiger partial charge is 0.480 e. The standard InChI is InChI=1S/C8H14N2O3/c9-7(11)3-4-10(5-8(12)13)6-1-2-6/h6H,1-5H2,(H2,9,11)(H,12,13). The average Bonchev–Trinajstić information content (AvgIpc) is 2.78. The predicted octanol–water partition coefficient (Wildman–Crippen LogP) is -0.589. The second kappa shape index (κ2) is 4.23. The predicted molar refractivity (Wildman–Crippen MR) is 46.0 cm³/mol. The Morgan fingerprint density at radius 1 is 1.46 bits per heavy atom. The van der Waals surface area contributed by atoms with Crippen molar-refractivity contribution in [3.05, 3.63) is 0 Å². The van der Waals surface area contributed by atoms with Crippen LogP contribution in [-0.2, 0) is 9.59 Å². The van der Waals surface area contributed by atoms with Crippen LogP contribution in [0.2, 0.25) is 0 Å². The maximum atomic E-state index is 10.5. The first-order chi connectivity index (χ1) is 6.09. The highest BCUT2D eigenvalue weighted by Crippen LogP contribution is 2.26. The zero-order chi connectivity index (χ0) is 9.84. The van der Waals surface area contributed by atoms with Crippen molar-refractivity contribution < 1.29 is 14.7 Å². The Morgan fingerprint density at radius 2 is 2.08 bits per heavy atom. The number of hydrogen-bond acceptors (Lipinski definition) is 3. The first-order valence-electron chi connectivity index (χ1n) is 4.33. The Hall–Kier alpha value is -1.10. The van der Waals surface area contributed by atoms with E-state index in [0.29, 0.717) is 12.6 Å². The Labute approximate surface area is 76.5 Å². The van der Waals surface area contributed by atoms with Gasteiger partial charge in [0.05, 0.1) is 6.54 Å². The Kier molecular flexibility index (Phi) is 3.25. The van der Waals surface area contributed by atoms with E-state index in [2.05, 4.69) is 0 Å². The first-order valence-corrected chi connectivity index (χ1v) is 4.33. The molecule has 0 heterocycles. The third-order valence-corrected chi connectivity index (χ3v) is 2.05. The summed E-state index contributed by atoms with van der Waals surface area (Å²) in [4.78, 5) is 22.7. The second-order valence-electron chi connectivity index (χ2n) is 3.31. The fourth-order valence-corrected chi connectivity index (χ4v) is 1.26. The molecule has 1 saturated carbocycles. The molecule has 0 unspecified atom stereocenters. The molecule has 0 radical (unpaired) electrons. The van der Waals surface area contributed by atoms with E-state index in [4.69, 9.17) is 10.8 Å². The molecule has 0 aromatic heterocycles. The zero-order valence-corrected chi connectivity index (χ0v) is 7.40. The number of hydrogen-bond donors (Lipinski definition) is 2. The minimum Gasteiger partial charge on any atom is -0.480 e. The number of primary amides is 1. The number of aliphatic carboxylic acids is 1. The summed E-state index contributed by atoms with van der Waals surface area (Å²) in [5.41, 5.74) is 4.98. The summed E-state index contributed by atoms with van der Waals surface area (Å²) in [5.74, 6) is -1.23. The zero-order valence-electron chi connectivity index (χ0n) is 7.40. The molecule has 1 rings (SSSR count). The number of carbonyl (C=O) groups excluding carboxylic acids is 1. The van der Waals surface area contributed by atoms with Crippen molar-refractivity contribution in [2.75, 3.05) is 13.1 Å². The molecular weight excluding hydrogens is 172 g/mol. The van der Waals surface area contributed by atoms with E-state index in [1.54, 1.807) is 4.90 Å². The van der Waals surface area contributed by atoms with Crippen LogP contribution >= 0.6 is 0 Å². The molecule has 1 aliphatic rings. The van der Waals surface area contributed by atoms with E-state index in [1.165, 1.54) is 0 Å². The van der Waals surface area contributed by atoms with Crippen molar-refractivity contribution in [3.63, 3.8) is 0 Å². The molecule has 0 spiro atoms. The topological polar surface area (TPSA) is 83.6 Å². The Bertz CT molecular complexity index is 213. The highest BCUT2D eigenvalue weighted by Gasteiger charge is 2.29. The molecule has 0 aliphatic heterocycles. The molecule has 1 amide bonds. The first kappa shape index (κ1) is 9.98. The number of rotatable bonds is 6. The molecule has 0 saturated heterocycles. The van der Waals surface area contributed by atoms with Crippen molar-refractivity contribution in [1.29, 1.82) is 0 Å². The molecule has 13 heavy (non-hydrogen) atoms. The second-order valence-corrected chi connectivity index (χ2v) is 3.31. The minimum atomic E-state index is -0.851. The van der Waals surface area contributed by atoms with E-state index < -0.39 is 5.97 Å². The number of nitrogens with zero attached hydrogens (tertiary/aromatic N) is 1. The molecule has 1 aliphatic carbocycles. The van der Waals surface area contributed by atoms with Gasteiger partial charge >= 0.3 is 5.97 Å². The lowest BCUT2D eigenvalue weighted by Gasteiger charge is -2.18. The molecule has 5 heteroatoms. The lowest BCUT2D eigenvalue weighted by Crippen LogP contribution is -2.34. The smallest absolute Gasteiger partial charge is 0.317 e. The van der Waals surface area contributed by atoms with Gasteiger partial charge in [-0.05, 0) is 12.8 Å². The molecular formula is C8H14N2O3. The highest BCUT2D eigenvalue weighted by molar-refractivity contribution is 5.74. The fourth-order valence-electron chi connectivity index (χ4n) is 1.26. The van der Waals surface area contributed by atoms with Crippen molar-refractivity contribution in [2.45, 2.75) is 25.3 Å². The van der Waals surface area contributed by atoms with Crippen LogP contribution in [0.4, 0.5) is 0 Å². The van der Waals surface area contributed by atoms with Gasteiger partial charge in [-0.25, -0.2) is 0 Å². The van der Waals surface area contributed by atoms with Crippen LogP contribution in [0.3, 0.4) is 0 Å². The maximum absolute atomic E-state index is 10.5. The van der Waals surface area contributed by atoms with Gasteiger partial charge in [-0.3, -0.25) is 14.5 Å². The van der Waals surface area contributed by atoms with Gasteiger partial charge in [-0.15, -0.1) is 0 Å². The maximum Gasteiger partial charge on any atom is 0.317 e. The summed E-state index contributed by atoms with van der Waals surface area (Å²) in [6.45, 7) is 0.476. The number of carboxylic acids is 1. The van der Waals surface area contributed by atoms with Crippen LogP contribution in [0.5, 0.6) is 0 Å². The summed E-state index contributed by atoms with van der Waals surface area (Å²) >= 11 is 0. The van der Waals surface area contributed by atoms with Crippen molar-refractivity contribution in [2.24, 2.45) is 5.73 Å². The number of amides is 1. The third-order valence-electron chi connectivity index (χ3n) is 2.05. The summed E-state index contributed by atoms with van der Waals surface area (Å²) in [6.07, 6.45) is 2.31. The van der Waals surface area contributed by atoms with E-state index in [9.17, 15) is 9.59 Å². The fraction of sp³-hybridized carbons (Fsp3) is 0.750. The summed E-state index contributed by atoms with van der Waals surface area (Å²) < 4.78 is 0. The van der Waals surface area contributed by atoms with Crippen LogP contribution in [0.1, 0.15) is 19.3 Å². The summed E-state index contributed by atoms with van der Waals surface area (Å²) in [7, 11) is 0. The van der Waals surface area contributed by atoms with Gasteiger partial charge in [0.1, 0.15) is 0 Å². The molecule has 0 atom stereocenters. The van der Waals surface area contributed by atoms with Gasteiger partial charge in [0, 0.05) is 19.0 Å². The van der Waals surface area contributed by atoms with Gasteiger partial charge in [0.15, 0.2) is 0 Å². The Morgan fingerprint density at radius 3 is 2.46 bits per heavy atom.